The van der Waals surface area contributed by atoms with E-state index in [1.165, 1.54) is 49.2 Å². The number of allylic oxidation sites excluding steroid dienone is 2. The quantitative estimate of drug-likeness (QED) is 0.710. The van der Waals surface area contributed by atoms with Crippen LogP contribution in [0.1, 0.15) is 38.2 Å². The van der Waals surface area contributed by atoms with Crippen molar-refractivity contribution in [3.63, 3.8) is 0 Å². The molecule has 0 N–H and O–H groups in total. The van der Waals surface area contributed by atoms with E-state index in [1.807, 2.05) is 18.5 Å². The van der Waals surface area contributed by atoms with Gasteiger partial charge in [0.25, 0.3) is 0 Å². The average Bonchev–Trinajstić information content (AvgIpc) is 2.49. The Morgan fingerprint density at radius 3 is 2.64 bits per heavy atom. The molecule has 0 radical (unpaired) electrons. The van der Waals surface area contributed by atoms with Gasteiger partial charge in [0.2, 0.25) is 0 Å². The van der Waals surface area contributed by atoms with Crippen molar-refractivity contribution in [3.05, 3.63) is 41.4 Å². The van der Waals surface area contributed by atoms with Crippen LogP contribution in [0.5, 0.6) is 0 Å². The van der Waals surface area contributed by atoms with E-state index in [2.05, 4.69) is 22.9 Å². The van der Waals surface area contributed by atoms with E-state index in [4.69, 9.17) is 11.6 Å². The Morgan fingerprint density at radius 1 is 1.32 bits per heavy atom. The Balaban J connectivity index is 0.00000121. The first-order valence-corrected chi connectivity index (χ1v) is 8.17. The molecule has 1 aromatic rings. The van der Waals surface area contributed by atoms with E-state index in [-0.39, 0.29) is 30.2 Å². The molecular formula is C17H25Cl3N2. The largest absolute Gasteiger partial charge is 0.374 e. The molecule has 1 aromatic heterocycles. The second-order valence-electron chi connectivity index (χ2n) is 6.11. The van der Waals surface area contributed by atoms with Gasteiger partial charge in [0.15, 0.2) is 0 Å². The topological polar surface area (TPSA) is 16.1 Å². The maximum atomic E-state index is 6.66. The molecule has 1 unspecified atom stereocenters. The highest BCUT2D eigenvalue weighted by Crippen LogP contribution is 2.40. The maximum absolute atomic E-state index is 6.66. The first-order chi connectivity index (χ1) is 9.75. The number of hydrogen-bond acceptors (Lipinski definition) is 2. The molecule has 0 amide bonds. The van der Waals surface area contributed by atoms with Crippen LogP contribution < -0.4 is 0 Å². The fraction of sp³-hybridized carbons (Fsp3) is 0.588. The van der Waals surface area contributed by atoms with Crippen LogP contribution in [0.3, 0.4) is 0 Å². The SMILES string of the molecule is CC(CCCc1cccnc1)=C1C(Cl)C2CCN1CC2.Cl.Cl. The molecule has 0 aliphatic carbocycles. The molecule has 0 spiro atoms. The van der Waals surface area contributed by atoms with E-state index in [0.717, 1.165) is 12.8 Å². The number of halogens is 3. The van der Waals surface area contributed by atoms with Crippen molar-refractivity contribution in [2.24, 2.45) is 5.92 Å². The summed E-state index contributed by atoms with van der Waals surface area (Å²) in [5, 5.41) is 0.260. The Labute approximate surface area is 151 Å². The number of pyridine rings is 1. The fourth-order valence-corrected chi connectivity index (χ4v) is 4.14. The second-order valence-corrected chi connectivity index (χ2v) is 6.58. The van der Waals surface area contributed by atoms with Gasteiger partial charge in [0.05, 0.1) is 5.38 Å². The molecule has 0 saturated carbocycles. The van der Waals surface area contributed by atoms with Gasteiger partial charge in [0.1, 0.15) is 0 Å². The smallest absolute Gasteiger partial charge is 0.0762 e. The zero-order chi connectivity index (χ0) is 13.9. The Morgan fingerprint density at radius 2 is 2.05 bits per heavy atom. The van der Waals surface area contributed by atoms with Crippen LogP contribution in [0.4, 0.5) is 0 Å². The Hall–Kier alpha value is -0.440. The van der Waals surface area contributed by atoms with Crippen molar-refractivity contribution in [1.29, 1.82) is 0 Å². The van der Waals surface area contributed by atoms with Crippen molar-refractivity contribution in [2.45, 2.75) is 44.4 Å². The molecule has 4 heterocycles. The summed E-state index contributed by atoms with van der Waals surface area (Å²) in [6, 6.07) is 4.17. The molecule has 124 valence electrons. The third kappa shape index (κ3) is 4.31. The number of alkyl halides is 1. The number of aromatic nitrogens is 1. The van der Waals surface area contributed by atoms with Crippen LogP contribution in [0.25, 0.3) is 0 Å². The molecule has 2 bridgehead atoms. The molecular weight excluding hydrogens is 339 g/mol. The lowest BCUT2D eigenvalue weighted by molar-refractivity contribution is 0.161. The van der Waals surface area contributed by atoms with E-state index >= 15 is 0 Å². The van der Waals surface area contributed by atoms with Crippen LogP contribution in [-0.4, -0.2) is 28.4 Å². The minimum atomic E-state index is 0. The summed E-state index contributed by atoms with van der Waals surface area (Å²) < 4.78 is 0. The van der Waals surface area contributed by atoms with Crippen LogP contribution in [0, 0.1) is 5.92 Å². The lowest BCUT2D eigenvalue weighted by atomic mass is 9.83. The number of nitrogens with zero attached hydrogens (tertiary/aromatic N) is 2. The zero-order valence-electron chi connectivity index (χ0n) is 13.0. The summed E-state index contributed by atoms with van der Waals surface area (Å²) >= 11 is 6.66. The molecule has 3 aliphatic heterocycles. The van der Waals surface area contributed by atoms with Gasteiger partial charge in [-0.2, -0.15) is 0 Å². The fourth-order valence-electron chi connectivity index (χ4n) is 3.57. The van der Waals surface area contributed by atoms with Crippen molar-refractivity contribution in [1.82, 2.24) is 9.88 Å². The van der Waals surface area contributed by atoms with Gasteiger partial charge in [-0.1, -0.05) is 11.6 Å². The van der Waals surface area contributed by atoms with Gasteiger partial charge in [-0.3, -0.25) is 4.98 Å². The molecule has 3 aliphatic rings. The highest BCUT2D eigenvalue weighted by molar-refractivity contribution is 6.22. The summed E-state index contributed by atoms with van der Waals surface area (Å²) in [5.41, 5.74) is 4.27. The first-order valence-electron chi connectivity index (χ1n) is 7.73. The van der Waals surface area contributed by atoms with E-state index in [9.17, 15) is 0 Å². The standard InChI is InChI=1S/C17H23ClN2.2ClH/c1-13(4-2-5-14-6-3-9-19-12-14)17-16(18)15-7-10-20(17)11-8-15;;/h3,6,9,12,15-16H,2,4-5,7-8,10-11H2,1H3;2*1H. The number of fused-ring (bicyclic) bond motifs is 3. The van der Waals surface area contributed by atoms with Gasteiger partial charge >= 0.3 is 0 Å². The minimum Gasteiger partial charge on any atom is -0.374 e. The molecule has 4 rings (SSSR count). The summed E-state index contributed by atoms with van der Waals surface area (Å²) in [6.45, 7) is 4.70. The molecule has 3 fully saturated rings. The molecule has 5 heteroatoms. The predicted octanol–water partition coefficient (Wildman–Crippen LogP) is 4.85. The monoisotopic (exact) mass is 362 g/mol. The van der Waals surface area contributed by atoms with Crippen LogP contribution in [0.2, 0.25) is 0 Å². The molecule has 1 atom stereocenters. The van der Waals surface area contributed by atoms with Crippen molar-refractivity contribution >= 4 is 36.4 Å². The zero-order valence-corrected chi connectivity index (χ0v) is 15.4. The maximum Gasteiger partial charge on any atom is 0.0762 e. The Kier molecular flexibility index (Phi) is 8.02. The average molecular weight is 364 g/mol. The number of hydrogen-bond donors (Lipinski definition) is 0. The minimum absolute atomic E-state index is 0. The van der Waals surface area contributed by atoms with E-state index in [1.54, 1.807) is 0 Å². The number of piperidine rings is 3. The molecule has 2 nitrogen and oxygen atoms in total. The normalized spacial score (nSPS) is 25.3. The van der Waals surface area contributed by atoms with Crippen molar-refractivity contribution in [2.75, 3.05) is 13.1 Å². The second kappa shape index (κ2) is 9.00. The lowest BCUT2D eigenvalue weighted by Crippen LogP contribution is -2.47. The first kappa shape index (κ1) is 19.6. The van der Waals surface area contributed by atoms with E-state index in [0.29, 0.717) is 5.92 Å². The van der Waals surface area contributed by atoms with Crippen LogP contribution >= 0.6 is 36.4 Å². The molecule has 22 heavy (non-hydrogen) atoms. The van der Waals surface area contributed by atoms with Gasteiger partial charge in [-0.15, -0.1) is 36.4 Å². The van der Waals surface area contributed by atoms with Crippen LogP contribution in [-0.2, 0) is 6.42 Å². The van der Waals surface area contributed by atoms with Crippen molar-refractivity contribution in [3.8, 4) is 0 Å². The van der Waals surface area contributed by atoms with Crippen molar-refractivity contribution < 1.29 is 0 Å². The summed E-state index contributed by atoms with van der Waals surface area (Å²) in [6.07, 6.45) is 9.80. The lowest BCUT2D eigenvalue weighted by Gasteiger charge is -2.46. The Bertz CT molecular complexity index is 478. The van der Waals surface area contributed by atoms with Gasteiger partial charge in [-0.05, 0) is 56.6 Å². The molecule has 3 saturated heterocycles. The summed E-state index contributed by atoms with van der Waals surface area (Å²) in [7, 11) is 0. The van der Waals surface area contributed by atoms with Crippen LogP contribution in [0.15, 0.2) is 35.8 Å². The van der Waals surface area contributed by atoms with E-state index < -0.39 is 0 Å². The predicted molar refractivity (Wildman–Crippen MR) is 98.3 cm³/mol. The summed E-state index contributed by atoms with van der Waals surface area (Å²) in [4.78, 5) is 6.70. The number of aryl methyl sites for hydroxylation is 1. The highest BCUT2D eigenvalue weighted by Gasteiger charge is 2.37. The van der Waals surface area contributed by atoms with Gasteiger partial charge < -0.3 is 4.90 Å². The number of rotatable bonds is 4. The van der Waals surface area contributed by atoms with Gasteiger partial charge in [-0.25, -0.2) is 0 Å². The highest BCUT2D eigenvalue weighted by atomic mass is 35.5. The third-order valence-corrected chi connectivity index (χ3v) is 5.30. The molecule has 0 aromatic carbocycles. The summed E-state index contributed by atoms with van der Waals surface area (Å²) in [5.74, 6) is 0.713. The third-order valence-electron chi connectivity index (χ3n) is 4.73. The van der Waals surface area contributed by atoms with Gasteiger partial charge in [0, 0.05) is 31.2 Å².